The van der Waals surface area contributed by atoms with Crippen LogP contribution >= 0.6 is 0 Å². The summed E-state index contributed by atoms with van der Waals surface area (Å²) in [6.07, 6.45) is 3.91. The SMILES string of the molecule is NC(N)=NCCCNC(=O)C1CCC(CNC(=O)CCC(=O)O)CC1. The van der Waals surface area contributed by atoms with Crippen LogP contribution in [0, 0.1) is 11.8 Å². The Hall–Kier alpha value is -2.32. The van der Waals surface area contributed by atoms with Gasteiger partial charge in [-0.2, -0.15) is 0 Å². The average molecular weight is 355 g/mol. The van der Waals surface area contributed by atoms with Gasteiger partial charge in [0.05, 0.1) is 6.42 Å². The molecule has 1 fully saturated rings. The molecule has 0 bridgehead atoms. The number of rotatable bonds is 10. The van der Waals surface area contributed by atoms with Crippen LogP contribution in [0.25, 0.3) is 0 Å². The molecule has 0 aromatic heterocycles. The molecule has 1 rings (SSSR count). The van der Waals surface area contributed by atoms with Crippen molar-refractivity contribution in [3.8, 4) is 0 Å². The van der Waals surface area contributed by atoms with Crippen molar-refractivity contribution in [2.45, 2.75) is 44.9 Å². The predicted molar refractivity (Wildman–Crippen MR) is 93.6 cm³/mol. The molecule has 0 atom stereocenters. The summed E-state index contributed by atoms with van der Waals surface area (Å²) in [5, 5.41) is 14.2. The molecule has 7 N–H and O–H groups in total. The van der Waals surface area contributed by atoms with Gasteiger partial charge in [0.1, 0.15) is 0 Å². The largest absolute Gasteiger partial charge is 0.481 e. The van der Waals surface area contributed by atoms with Gasteiger partial charge in [-0.25, -0.2) is 0 Å². The maximum Gasteiger partial charge on any atom is 0.303 e. The van der Waals surface area contributed by atoms with E-state index in [0.717, 1.165) is 25.7 Å². The molecule has 9 heteroatoms. The number of aliphatic imine (C=N–C) groups is 1. The van der Waals surface area contributed by atoms with Crippen molar-refractivity contribution in [3.63, 3.8) is 0 Å². The highest BCUT2D eigenvalue weighted by Gasteiger charge is 2.26. The Morgan fingerprint density at radius 3 is 2.32 bits per heavy atom. The molecule has 0 unspecified atom stereocenters. The zero-order valence-corrected chi connectivity index (χ0v) is 14.5. The number of carboxylic acids is 1. The Morgan fingerprint density at radius 1 is 1.04 bits per heavy atom. The first-order valence-electron chi connectivity index (χ1n) is 8.70. The standard InChI is InChI=1S/C16H29N5O4/c17-16(18)20-9-1-8-19-15(25)12-4-2-11(3-5-12)10-21-13(22)6-7-14(23)24/h11-12H,1-10H2,(H,19,25)(H,21,22)(H,23,24)(H4,17,18,20). The number of carboxylic acid groups (broad SMARTS) is 1. The van der Waals surface area contributed by atoms with E-state index in [1.54, 1.807) is 0 Å². The van der Waals surface area contributed by atoms with Crippen LogP contribution in [0.4, 0.5) is 0 Å². The predicted octanol–water partition coefficient (Wildman–Crippen LogP) is -0.446. The Balaban J connectivity index is 2.14. The quantitative estimate of drug-likeness (QED) is 0.203. The van der Waals surface area contributed by atoms with E-state index in [1.807, 2.05) is 0 Å². The lowest BCUT2D eigenvalue weighted by molar-refractivity contribution is -0.138. The molecule has 0 saturated heterocycles. The van der Waals surface area contributed by atoms with E-state index in [1.165, 1.54) is 0 Å². The molecule has 0 heterocycles. The van der Waals surface area contributed by atoms with E-state index < -0.39 is 5.97 Å². The number of nitrogens with two attached hydrogens (primary N) is 2. The maximum absolute atomic E-state index is 12.1. The first-order chi connectivity index (χ1) is 11.9. The number of aliphatic carboxylic acids is 1. The highest BCUT2D eigenvalue weighted by atomic mass is 16.4. The van der Waals surface area contributed by atoms with Crippen molar-refractivity contribution in [1.29, 1.82) is 0 Å². The van der Waals surface area contributed by atoms with Gasteiger partial charge in [-0.15, -0.1) is 0 Å². The van der Waals surface area contributed by atoms with E-state index in [-0.39, 0.29) is 36.5 Å². The molecule has 0 radical (unpaired) electrons. The van der Waals surface area contributed by atoms with E-state index in [9.17, 15) is 14.4 Å². The number of carbonyl (C=O) groups is 3. The fraction of sp³-hybridized carbons (Fsp3) is 0.750. The van der Waals surface area contributed by atoms with E-state index in [0.29, 0.717) is 32.0 Å². The first kappa shape index (κ1) is 20.7. The van der Waals surface area contributed by atoms with Crippen LogP contribution in [-0.2, 0) is 14.4 Å². The van der Waals surface area contributed by atoms with Crippen LogP contribution in [-0.4, -0.2) is 48.5 Å². The number of nitrogens with one attached hydrogen (secondary N) is 2. The van der Waals surface area contributed by atoms with Gasteiger partial charge in [-0.1, -0.05) is 0 Å². The van der Waals surface area contributed by atoms with Gasteiger partial charge in [-0.3, -0.25) is 19.4 Å². The molecule has 142 valence electrons. The summed E-state index contributed by atoms with van der Waals surface area (Å²) in [5.41, 5.74) is 10.5. The Labute approximate surface area is 147 Å². The fourth-order valence-corrected chi connectivity index (χ4v) is 2.84. The molecule has 25 heavy (non-hydrogen) atoms. The topological polar surface area (TPSA) is 160 Å². The molecule has 9 nitrogen and oxygen atoms in total. The van der Waals surface area contributed by atoms with Crippen molar-refractivity contribution in [3.05, 3.63) is 0 Å². The van der Waals surface area contributed by atoms with Gasteiger partial charge in [0.15, 0.2) is 5.96 Å². The van der Waals surface area contributed by atoms with Crippen molar-refractivity contribution in [2.75, 3.05) is 19.6 Å². The minimum absolute atomic E-state index is 0.00688. The van der Waals surface area contributed by atoms with Gasteiger partial charge in [-0.05, 0) is 38.0 Å². The summed E-state index contributed by atoms with van der Waals surface area (Å²) in [5.74, 6) is -0.724. The molecular weight excluding hydrogens is 326 g/mol. The van der Waals surface area contributed by atoms with Gasteiger partial charge >= 0.3 is 5.97 Å². The minimum atomic E-state index is -0.972. The van der Waals surface area contributed by atoms with Crippen LogP contribution in [0.15, 0.2) is 4.99 Å². The summed E-state index contributed by atoms with van der Waals surface area (Å²) >= 11 is 0. The normalized spacial score (nSPS) is 19.7. The van der Waals surface area contributed by atoms with Gasteiger partial charge in [0.2, 0.25) is 11.8 Å². The zero-order valence-electron chi connectivity index (χ0n) is 14.5. The Bertz CT molecular complexity index is 483. The lowest BCUT2D eigenvalue weighted by atomic mass is 9.81. The number of guanidine groups is 1. The molecule has 1 saturated carbocycles. The number of carbonyl (C=O) groups excluding carboxylic acids is 2. The highest BCUT2D eigenvalue weighted by molar-refractivity contribution is 5.80. The monoisotopic (exact) mass is 355 g/mol. The molecule has 2 amide bonds. The van der Waals surface area contributed by atoms with Gasteiger partial charge in [0.25, 0.3) is 0 Å². The van der Waals surface area contributed by atoms with Crippen LogP contribution in [0.3, 0.4) is 0 Å². The van der Waals surface area contributed by atoms with Crippen LogP contribution in [0.1, 0.15) is 44.9 Å². The summed E-state index contributed by atoms with van der Waals surface area (Å²) < 4.78 is 0. The van der Waals surface area contributed by atoms with E-state index in [2.05, 4.69) is 15.6 Å². The Morgan fingerprint density at radius 2 is 1.72 bits per heavy atom. The van der Waals surface area contributed by atoms with Crippen molar-refractivity contribution in [2.24, 2.45) is 28.3 Å². The van der Waals surface area contributed by atoms with Crippen LogP contribution in [0.5, 0.6) is 0 Å². The third-order valence-corrected chi connectivity index (χ3v) is 4.30. The summed E-state index contributed by atoms with van der Waals surface area (Å²) in [6.45, 7) is 1.59. The van der Waals surface area contributed by atoms with Crippen LogP contribution in [0.2, 0.25) is 0 Å². The number of amides is 2. The lowest BCUT2D eigenvalue weighted by Crippen LogP contribution is -2.36. The second-order valence-electron chi connectivity index (χ2n) is 6.37. The summed E-state index contributed by atoms with van der Waals surface area (Å²) in [4.78, 5) is 37.9. The second kappa shape index (κ2) is 11.3. The summed E-state index contributed by atoms with van der Waals surface area (Å²) in [6, 6.07) is 0. The minimum Gasteiger partial charge on any atom is -0.481 e. The second-order valence-corrected chi connectivity index (χ2v) is 6.37. The average Bonchev–Trinajstić information content (AvgIpc) is 2.57. The third-order valence-electron chi connectivity index (χ3n) is 4.30. The van der Waals surface area contributed by atoms with E-state index in [4.69, 9.17) is 16.6 Å². The molecule has 0 aromatic rings. The molecule has 1 aliphatic rings. The molecule has 1 aliphatic carbocycles. The van der Waals surface area contributed by atoms with E-state index >= 15 is 0 Å². The number of hydrogen-bond donors (Lipinski definition) is 5. The smallest absolute Gasteiger partial charge is 0.303 e. The number of hydrogen-bond acceptors (Lipinski definition) is 4. The molecule has 0 spiro atoms. The van der Waals surface area contributed by atoms with Crippen LogP contribution < -0.4 is 22.1 Å². The molecule has 0 aromatic carbocycles. The van der Waals surface area contributed by atoms with Crippen molar-refractivity contribution >= 4 is 23.7 Å². The molecule has 0 aliphatic heterocycles. The maximum atomic E-state index is 12.1. The highest BCUT2D eigenvalue weighted by Crippen LogP contribution is 2.28. The van der Waals surface area contributed by atoms with Gasteiger partial charge < -0.3 is 27.2 Å². The first-order valence-corrected chi connectivity index (χ1v) is 8.70. The fourth-order valence-electron chi connectivity index (χ4n) is 2.84. The Kier molecular flexibility index (Phi) is 9.34. The summed E-state index contributed by atoms with van der Waals surface area (Å²) in [7, 11) is 0. The zero-order chi connectivity index (χ0) is 18.7. The van der Waals surface area contributed by atoms with Gasteiger partial charge in [0, 0.05) is 32.0 Å². The molecular formula is C16H29N5O4. The van der Waals surface area contributed by atoms with Crippen molar-refractivity contribution < 1.29 is 19.5 Å². The number of nitrogens with zero attached hydrogens (tertiary/aromatic N) is 1. The van der Waals surface area contributed by atoms with Crippen molar-refractivity contribution in [1.82, 2.24) is 10.6 Å². The lowest BCUT2D eigenvalue weighted by Gasteiger charge is -2.27. The third kappa shape index (κ3) is 9.53.